The van der Waals surface area contributed by atoms with Crippen LogP contribution in [-0.4, -0.2) is 33.9 Å². The summed E-state index contributed by atoms with van der Waals surface area (Å²) >= 11 is 6.16. The van der Waals surface area contributed by atoms with E-state index in [1.807, 2.05) is 0 Å². The van der Waals surface area contributed by atoms with Crippen LogP contribution in [0, 0.1) is 0 Å². The number of nitrogens with zero attached hydrogens (tertiary/aromatic N) is 4. The van der Waals surface area contributed by atoms with Crippen molar-refractivity contribution in [3.8, 4) is 11.4 Å². The highest BCUT2D eigenvalue weighted by atomic mass is 35.5. The van der Waals surface area contributed by atoms with Crippen molar-refractivity contribution < 1.29 is 4.74 Å². The molecule has 2 N–H and O–H groups in total. The molecule has 7 heteroatoms. The normalized spacial score (nSPS) is 10.8. The van der Waals surface area contributed by atoms with Crippen LogP contribution in [0.2, 0.25) is 5.02 Å². The summed E-state index contributed by atoms with van der Waals surface area (Å²) in [4.78, 5) is 0. The topological polar surface area (TPSA) is 78.8 Å². The minimum absolute atomic E-state index is 0.585. The van der Waals surface area contributed by atoms with Crippen LogP contribution in [-0.2, 0) is 11.3 Å². The standard InChI is InChI=1S/C12H16ClN5O/c1-19-7-3-2-6-18-12(15-16-17-18)10-8-9(14)4-5-11(10)13/h4-5,8H,2-3,6-7,14H2,1H3. The molecular weight excluding hydrogens is 266 g/mol. The highest BCUT2D eigenvalue weighted by Crippen LogP contribution is 2.27. The Morgan fingerprint density at radius 3 is 3.00 bits per heavy atom. The molecule has 1 aromatic carbocycles. The van der Waals surface area contributed by atoms with Gasteiger partial charge >= 0.3 is 0 Å². The number of ether oxygens (including phenoxy) is 1. The quantitative estimate of drug-likeness (QED) is 0.647. The Morgan fingerprint density at radius 2 is 2.21 bits per heavy atom. The summed E-state index contributed by atoms with van der Waals surface area (Å²) in [6.07, 6.45) is 1.90. The summed E-state index contributed by atoms with van der Waals surface area (Å²) in [5.74, 6) is 0.634. The van der Waals surface area contributed by atoms with E-state index in [1.165, 1.54) is 0 Å². The van der Waals surface area contributed by atoms with E-state index in [4.69, 9.17) is 22.1 Å². The van der Waals surface area contributed by atoms with Crippen LogP contribution in [0.25, 0.3) is 11.4 Å². The molecule has 0 amide bonds. The molecule has 0 atom stereocenters. The van der Waals surface area contributed by atoms with Gasteiger partial charge in [-0.25, -0.2) is 4.68 Å². The second kappa shape index (κ2) is 6.49. The number of methoxy groups -OCH3 is 1. The number of benzene rings is 1. The maximum Gasteiger partial charge on any atom is 0.183 e. The highest BCUT2D eigenvalue weighted by Gasteiger charge is 2.12. The smallest absolute Gasteiger partial charge is 0.183 e. The van der Waals surface area contributed by atoms with Gasteiger partial charge in [0.25, 0.3) is 0 Å². The summed E-state index contributed by atoms with van der Waals surface area (Å²) < 4.78 is 6.74. The van der Waals surface area contributed by atoms with E-state index in [0.29, 0.717) is 16.5 Å². The molecular formula is C12H16ClN5O. The lowest BCUT2D eigenvalue weighted by molar-refractivity contribution is 0.191. The molecule has 0 radical (unpaired) electrons. The Morgan fingerprint density at radius 1 is 1.37 bits per heavy atom. The van der Waals surface area contributed by atoms with Gasteiger partial charge in [0.15, 0.2) is 5.82 Å². The lowest BCUT2D eigenvalue weighted by Crippen LogP contribution is -2.04. The van der Waals surface area contributed by atoms with Crippen LogP contribution < -0.4 is 5.73 Å². The summed E-state index contributed by atoms with van der Waals surface area (Å²) in [5, 5.41) is 12.3. The third kappa shape index (κ3) is 3.42. The maximum absolute atomic E-state index is 6.16. The number of aromatic nitrogens is 4. The van der Waals surface area contributed by atoms with Crippen molar-refractivity contribution in [3.05, 3.63) is 23.2 Å². The molecule has 0 unspecified atom stereocenters. The average molecular weight is 282 g/mol. The van der Waals surface area contributed by atoms with Crippen molar-refractivity contribution in [2.75, 3.05) is 19.5 Å². The predicted octanol–water partition coefficient (Wildman–Crippen LogP) is 2.00. The number of halogens is 1. The van der Waals surface area contributed by atoms with E-state index >= 15 is 0 Å². The molecule has 0 saturated carbocycles. The minimum atomic E-state index is 0.585. The van der Waals surface area contributed by atoms with E-state index in [1.54, 1.807) is 30.0 Å². The molecule has 0 aliphatic carbocycles. The van der Waals surface area contributed by atoms with Crippen LogP contribution in [0.4, 0.5) is 5.69 Å². The van der Waals surface area contributed by atoms with Gasteiger partial charge in [0.05, 0.1) is 5.02 Å². The SMILES string of the molecule is COCCCCn1nnnc1-c1cc(N)ccc1Cl. The molecule has 0 saturated heterocycles. The number of hydrogen-bond donors (Lipinski definition) is 1. The average Bonchev–Trinajstić information content (AvgIpc) is 2.86. The van der Waals surface area contributed by atoms with E-state index in [9.17, 15) is 0 Å². The van der Waals surface area contributed by atoms with Gasteiger partial charge < -0.3 is 10.5 Å². The number of aryl methyl sites for hydroxylation is 1. The summed E-state index contributed by atoms with van der Waals surface area (Å²) in [5.41, 5.74) is 7.15. The number of nitrogens with two attached hydrogens (primary N) is 1. The van der Waals surface area contributed by atoms with Gasteiger partial charge in [-0.2, -0.15) is 0 Å². The van der Waals surface area contributed by atoms with Gasteiger partial charge in [0.1, 0.15) is 0 Å². The molecule has 6 nitrogen and oxygen atoms in total. The second-order valence-electron chi connectivity index (χ2n) is 4.16. The number of anilines is 1. The van der Waals surface area contributed by atoms with Crippen LogP contribution in [0.5, 0.6) is 0 Å². The summed E-state index contributed by atoms with van der Waals surface area (Å²) in [6, 6.07) is 5.27. The zero-order valence-electron chi connectivity index (χ0n) is 10.7. The van der Waals surface area contributed by atoms with Gasteiger partial charge in [-0.05, 0) is 41.5 Å². The Bertz CT molecular complexity index is 543. The monoisotopic (exact) mass is 281 g/mol. The third-order valence-electron chi connectivity index (χ3n) is 2.73. The highest BCUT2D eigenvalue weighted by molar-refractivity contribution is 6.33. The fraction of sp³-hybridized carbons (Fsp3) is 0.417. The Labute approximate surface area is 116 Å². The second-order valence-corrected chi connectivity index (χ2v) is 4.57. The van der Waals surface area contributed by atoms with Gasteiger partial charge in [-0.1, -0.05) is 11.6 Å². The first-order valence-electron chi connectivity index (χ1n) is 6.03. The minimum Gasteiger partial charge on any atom is -0.399 e. The first-order valence-corrected chi connectivity index (χ1v) is 6.40. The van der Waals surface area contributed by atoms with Crippen molar-refractivity contribution in [2.24, 2.45) is 0 Å². The van der Waals surface area contributed by atoms with Crippen LogP contribution in [0.3, 0.4) is 0 Å². The molecule has 0 spiro atoms. The Kier molecular flexibility index (Phi) is 4.70. The van der Waals surface area contributed by atoms with Gasteiger partial charge in [-0.15, -0.1) is 5.10 Å². The van der Waals surface area contributed by atoms with Crippen molar-refractivity contribution in [1.82, 2.24) is 20.2 Å². The molecule has 0 bridgehead atoms. The third-order valence-corrected chi connectivity index (χ3v) is 3.06. The number of hydrogen-bond acceptors (Lipinski definition) is 5. The molecule has 0 fully saturated rings. The molecule has 1 heterocycles. The molecule has 2 aromatic rings. The van der Waals surface area contributed by atoms with Crippen molar-refractivity contribution in [1.29, 1.82) is 0 Å². The van der Waals surface area contributed by atoms with Crippen LogP contribution in [0.15, 0.2) is 18.2 Å². The Hall–Kier alpha value is -1.66. The lowest BCUT2D eigenvalue weighted by atomic mass is 10.2. The van der Waals surface area contributed by atoms with Gasteiger partial charge in [0, 0.05) is 31.5 Å². The number of rotatable bonds is 6. The zero-order chi connectivity index (χ0) is 13.7. The van der Waals surface area contributed by atoms with Gasteiger partial charge in [-0.3, -0.25) is 0 Å². The first-order chi connectivity index (χ1) is 9.22. The van der Waals surface area contributed by atoms with E-state index in [2.05, 4.69) is 15.5 Å². The van der Waals surface area contributed by atoms with Gasteiger partial charge in [0.2, 0.25) is 0 Å². The summed E-state index contributed by atoms with van der Waals surface area (Å²) in [6.45, 7) is 1.45. The van der Waals surface area contributed by atoms with Crippen LogP contribution in [0.1, 0.15) is 12.8 Å². The number of tetrazole rings is 1. The van der Waals surface area contributed by atoms with Crippen molar-refractivity contribution in [3.63, 3.8) is 0 Å². The molecule has 0 aliphatic heterocycles. The van der Waals surface area contributed by atoms with E-state index in [-0.39, 0.29) is 0 Å². The lowest BCUT2D eigenvalue weighted by Gasteiger charge is -2.06. The molecule has 0 aliphatic rings. The first kappa shape index (κ1) is 13.8. The van der Waals surface area contributed by atoms with Crippen molar-refractivity contribution in [2.45, 2.75) is 19.4 Å². The molecule has 102 valence electrons. The van der Waals surface area contributed by atoms with Crippen molar-refractivity contribution >= 4 is 17.3 Å². The molecule has 19 heavy (non-hydrogen) atoms. The van der Waals surface area contributed by atoms with Crippen LogP contribution >= 0.6 is 11.6 Å². The Balaban J connectivity index is 2.16. The molecule has 1 aromatic heterocycles. The number of unbranched alkanes of at least 4 members (excludes halogenated alkanes) is 1. The molecule has 2 rings (SSSR count). The fourth-order valence-corrected chi connectivity index (χ4v) is 1.97. The number of nitrogen functional groups attached to an aromatic ring is 1. The van der Waals surface area contributed by atoms with E-state index < -0.39 is 0 Å². The maximum atomic E-state index is 6.16. The fourth-order valence-electron chi connectivity index (χ4n) is 1.77. The predicted molar refractivity (Wildman–Crippen MR) is 73.8 cm³/mol. The van der Waals surface area contributed by atoms with E-state index in [0.717, 1.165) is 31.6 Å². The summed E-state index contributed by atoms with van der Waals surface area (Å²) in [7, 11) is 1.69. The largest absolute Gasteiger partial charge is 0.399 e. The zero-order valence-corrected chi connectivity index (χ0v) is 11.5.